The third kappa shape index (κ3) is 15.3. The molecule has 2 heterocycles. The second-order valence-electron chi connectivity index (χ2n) is 13.5. The van der Waals surface area contributed by atoms with E-state index in [0.29, 0.717) is 17.9 Å². The smallest absolute Gasteiger partial charge is 0.0622 e. The average Bonchev–Trinajstić information content (AvgIpc) is 2.87. The van der Waals surface area contributed by atoms with Crippen molar-refractivity contribution in [1.82, 2.24) is 9.80 Å². The number of aliphatic hydroxyl groups is 1. The first-order valence-electron chi connectivity index (χ1n) is 16.3. The molecule has 2 aliphatic rings. The Morgan fingerprint density at radius 2 is 1.19 bits per heavy atom. The van der Waals surface area contributed by atoms with Crippen LogP contribution in [-0.2, 0) is 0 Å². The molecule has 216 valence electrons. The van der Waals surface area contributed by atoms with Gasteiger partial charge in [-0.25, -0.2) is 0 Å². The van der Waals surface area contributed by atoms with Crippen molar-refractivity contribution in [2.45, 2.75) is 157 Å². The topological polar surface area (TPSA) is 26.7 Å². The van der Waals surface area contributed by atoms with Crippen LogP contribution in [0.4, 0.5) is 0 Å². The lowest BCUT2D eigenvalue weighted by Crippen LogP contribution is -2.53. The van der Waals surface area contributed by atoms with Crippen LogP contribution >= 0.6 is 0 Å². The Balaban J connectivity index is 0.000000457. The first kappa shape index (κ1) is 33.9. The summed E-state index contributed by atoms with van der Waals surface area (Å²) >= 11 is 0. The van der Waals surface area contributed by atoms with E-state index in [9.17, 15) is 0 Å². The van der Waals surface area contributed by atoms with Gasteiger partial charge in [0.05, 0.1) is 6.17 Å². The van der Waals surface area contributed by atoms with Crippen LogP contribution in [0, 0.1) is 23.2 Å². The van der Waals surface area contributed by atoms with Crippen LogP contribution in [0.2, 0.25) is 0 Å². The van der Waals surface area contributed by atoms with Gasteiger partial charge in [-0.2, -0.15) is 0 Å². The monoisotopic (exact) mass is 509 g/mol. The molecule has 0 bridgehead atoms. The summed E-state index contributed by atoms with van der Waals surface area (Å²) in [6, 6.07) is 0. The number of nitrogens with zero attached hydrogens (tertiary/aromatic N) is 2. The first-order chi connectivity index (χ1) is 17.2. The van der Waals surface area contributed by atoms with Crippen molar-refractivity contribution in [2.75, 3.05) is 32.8 Å². The highest BCUT2D eigenvalue weighted by Crippen LogP contribution is 2.28. The number of unbranched alkanes of at least 4 members (excludes halogenated alkanes) is 6. The van der Waals surface area contributed by atoms with Crippen LogP contribution in [0.3, 0.4) is 0 Å². The fourth-order valence-corrected chi connectivity index (χ4v) is 5.73. The molecule has 1 N–H and O–H groups in total. The summed E-state index contributed by atoms with van der Waals surface area (Å²) in [6.07, 6.45) is 22.8. The maximum Gasteiger partial charge on any atom is 0.0622 e. The minimum absolute atomic E-state index is 0.340. The number of rotatable bonds is 16. The number of aliphatic hydroxyl groups excluding tert-OH is 1. The predicted octanol–water partition coefficient (Wildman–Crippen LogP) is 9.14. The third-order valence-corrected chi connectivity index (χ3v) is 9.36. The van der Waals surface area contributed by atoms with Gasteiger partial charge in [0.1, 0.15) is 0 Å². The summed E-state index contributed by atoms with van der Waals surface area (Å²) in [5, 5.41) is 8.82. The highest BCUT2D eigenvalue weighted by molar-refractivity contribution is 4.81. The zero-order chi connectivity index (χ0) is 26.8. The molecule has 1 unspecified atom stereocenters. The van der Waals surface area contributed by atoms with E-state index in [1.165, 1.54) is 129 Å². The van der Waals surface area contributed by atoms with Crippen molar-refractivity contribution >= 4 is 0 Å². The van der Waals surface area contributed by atoms with E-state index < -0.39 is 0 Å². The van der Waals surface area contributed by atoms with Crippen molar-refractivity contribution in [1.29, 1.82) is 0 Å². The number of likely N-dealkylation sites (tertiary alicyclic amines) is 2. The molecule has 0 saturated carbocycles. The normalized spacial score (nSPS) is 19.9. The standard InChI is InChI=1S/C22H44N2.C11H24O/c1-4-5-6-7-8-9-10-11-22(23-16-12-20(2)13-17-23)24-18-14-21(3)15-19-24;1-5-11(3,4)8-6-7-10(2)9-12/h20-22H,4-19H2,1-3H3;10,12H,5-9H2,1-4H3. The Morgan fingerprint density at radius 1 is 0.722 bits per heavy atom. The third-order valence-electron chi connectivity index (χ3n) is 9.36. The Morgan fingerprint density at radius 3 is 1.64 bits per heavy atom. The van der Waals surface area contributed by atoms with E-state index in [0.717, 1.165) is 18.0 Å². The summed E-state index contributed by atoms with van der Waals surface area (Å²) in [6.45, 7) is 21.9. The van der Waals surface area contributed by atoms with Crippen molar-refractivity contribution in [2.24, 2.45) is 23.2 Å². The second-order valence-corrected chi connectivity index (χ2v) is 13.5. The molecule has 0 spiro atoms. The SMILES string of the molecule is CCC(C)(C)CCCC(C)CO.CCCCCCCCCC(N1CCC(C)CC1)N1CCC(C)CC1. The fraction of sp³-hybridized carbons (Fsp3) is 1.00. The molecule has 3 heteroatoms. The van der Waals surface area contributed by atoms with Crippen molar-refractivity contribution in [3.63, 3.8) is 0 Å². The number of piperidine rings is 2. The maximum atomic E-state index is 8.82. The number of hydrogen-bond acceptors (Lipinski definition) is 3. The lowest BCUT2D eigenvalue weighted by Gasteiger charge is -2.45. The van der Waals surface area contributed by atoms with Crippen LogP contribution in [0.5, 0.6) is 0 Å². The highest BCUT2D eigenvalue weighted by atomic mass is 16.3. The van der Waals surface area contributed by atoms with Crippen LogP contribution in [-0.4, -0.2) is 53.9 Å². The molecule has 2 rings (SSSR count). The highest BCUT2D eigenvalue weighted by Gasteiger charge is 2.29. The summed E-state index contributed by atoms with van der Waals surface area (Å²) in [5.74, 6) is 2.38. The molecule has 0 amide bonds. The minimum Gasteiger partial charge on any atom is -0.396 e. The molecule has 0 aliphatic carbocycles. The van der Waals surface area contributed by atoms with E-state index >= 15 is 0 Å². The summed E-state index contributed by atoms with van der Waals surface area (Å²) in [4.78, 5) is 5.68. The minimum atomic E-state index is 0.340. The average molecular weight is 509 g/mol. The molecule has 0 aromatic heterocycles. The predicted molar refractivity (Wildman–Crippen MR) is 161 cm³/mol. The molecular formula is C33H68N2O. The quantitative estimate of drug-likeness (QED) is 0.210. The molecule has 36 heavy (non-hydrogen) atoms. The van der Waals surface area contributed by atoms with Gasteiger partial charge in [0, 0.05) is 6.61 Å². The first-order valence-corrected chi connectivity index (χ1v) is 16.3. The summed E-state index contributed by atoms with van der Waals surface area (Å²) < 4.78 is 0. The van der Waals surface area contributed by atoms with Gasteiger partial charge in [-0.1, -0.05) is 106 Å². The molecule has 2 fully saturated rings. The van der Waals surface area contributed by atoms with Gasteiger partial charge in [0.15, 0.2) is 0 Å². The van der Waals surface area contributed by atoms with Crippen LogP contribution in [0.25, 0.3) is 0 Å². The lowest BCUT2D eigenvalue weighted by molar-refractivity contribution is -0.00380. The van der Waals surface area contributed by atoms with Gasteiger partial charge in [-0.15, -0.1) is 0 Å². The van der Waals surface area contributed by atoms with E-state index in [4.69, 9.17) is 5.11 Å². The molecule has 1 atom stereocenters. The molecular weight excluding hydrogens is 440 g/mol. The zero-order valence-corrected chi connectivity index (χ0v) is 26.0. The molecule has 0 aromatic carbocycles. The van der Waals surface area contributed by atoms with Gasteiger partial charge in [-0.3, -0.25) is 9.80 Å². The summed E-state index contributed by atoms with van der Waals surface area (Å²) in [5.41, 5.74) is 0.495. The fourth-order valence-electron chi connectivity index (χ4n) is 5.73. The molecule has 0 aromatic rings. The van der Waals surface area contributed by atoms with Crippen molar-refractivity contribution < 1.29 is 5.11 Å². The van der Waals surface area contributed by atoms with Gasteiger partial charge in [0.2, 0.25) is 0 Å². The Labute approximate surface area is 228 Å². The molecule has 2 aliphatic heterocycles. The van der Waals surface area contributed by atoms with Crippen molar-refractivity contribution in [3.8, 4) is 0 Å². The molecule has 3 nitrogen and oxygen atoms in total. The zero-order valence-electron chi connectivity index (χ0n) is 26.0. The van der Waals surface area contributed by atoms with Gasteiger partial charge >= 0.3 is 0 Å². The van der Waals surface area contributed by atoms with E-state index in [1.807, 2.05) is 0 Å². The van der Waals surface area contributed by atoms with Gasteiger partial charge < -0.3 is 5.11 Å². The van der Waals surface area contributed by atoms with E-state index in [1.54, 1.807) is 0 Å². The lowest BCUT2D eigenvalue weighted by atomic mass is 9.84. The maximum absolute atomic E-state index is 8.82. The van der Waals surface area contributed by atoms with Crippen LogP contribution in [0.1, 0.15) is 151 Å². The largest absolute Gasteiger partial charge is 0.396 e. The Bertz CT molecular complexity index is 470. The van der Waals surface area contributed by atoms with Crippen molar-refractivity contribution in [3.05, 3.63) is 0 Å². The summed E-state index contributed by atoms with van der Waals surface area (Å²) in [7, 11) is 0. The van der Waals surface area contributed by atoms with Gasteiger partial charge in [-0.05, 0) is 94.3 Å². The Hall–Kier alpha value is -0.120. The molecule has 0 radical (unpaired) electrons. The van der Waals surface area contributed by atoms with E-state index in [2.05, 4.69) is 58.3 Å². The van der Waals surface area contributed by atoms with E-state index in [-0.39, 0.29) is 0 Å². The van der Waals surface area contributed by atoms with Crippen LogP contribution < -0.4 is 0 Å². The van der Waals surface area contributed by atoms with Gasteiger partial charge in [0.25, 0.3) is 0 Å². The van der Waals surface area contributed by atoms with Crippen LogP contribution in [0.15, 0.2) is 0 Å². The molecule has 2 saturated heterocycles. The second kappa shape index (κ2) is 19.9. The number of hydrogen-bond donors (Lipinski definition) is 1. The Kier molecular flexibility index (Phi) is 18.7.